The predicted molar refractivity (Wildman–Crippen MR) is 86.4 cm³/mol. The van der Waals surface area contributed by atoms with E-state index in [1.165, 1.54) is 18.2 Å². The fourth-order valence-corrected chi connectivity index (χ4v) is 3.27. The summed E-state index contributed by atoms with van der Waals surface area (Å²) in [4.78, 5) is -0.0151. The maximum absolute atomic E-state index is 11.2. The molecule has 0 fully saturated rings. The second-order valence-corrected chi connectivity index (χ2v) is 8.45. The average Bonchev–Trinajstić information content (AvgIpc) is 2.35. The second kappa shape index (κ2) is 6.23. The molecule has 0 heterocycles. The Balaban J connectivity index is 2.38. The van der Waals surface area contributed by atoms with Crippen molar-refractivity contribution in [2.24, 2.45) is 0 Å². The third kappa shape index (κ3) is 3.89. The van der Waals surface area contributed by atoms with Crippen molar-refractivity contribution in [3.8, 4) is 11.5 Å². The van der Waals surface area contributed by atoms with Gasteiger partial charge in [0.15, 0.2) is 0 Å². The van der Waals surface area contributed by atoms with Gasteiger partial charge >= 0.3 is 0 Å². The molecular formula is C12H6Br2Cl2O3S. The minimum atomic E-state index is -3.78. The quantitative estimate of drug-likeness (QED) is 0.561. The second-order valence-electron chi connectivity index (χ2n) is 3.71. The smallest absolute Gasteiger partial charge is 0.261 e. The van der Waals surface area contributed by atoms with E-state index in [1.54, 1.807) is 18.2 Å². The van der Waals surface area contributed by atoms with Gasteiger partial charge in [-0.15, -0.1) is 0 Å². The van der Waals surface area contributed by atoms with Gasteiger partial charge in [0, 0.05) is 15.2 Å². The summed E-state index contributed by atoms with van der Waals surface area (Å²) in [5.74, 6) is 0.872. The van der Waals surface area contributed by atoms with Crippen LogP contribution in [0, 0.1) is 0 Å². The van der Waals surface area contributed by atoms with Gasteiger partial charge in [0.1, 0.15) is 11.5 Å². The Labute approximate surface area is 142 Å². The lowest BCUT2D eigenvalue weighted by molar-refractivity contribution is 0.479. The summed E-state index contributed by atoms with van der Waals surface area (Å²) in [7, 11) is 1.50. The zero-order chi connectivity index (χ0) is 14.9. The fraction of sp³-hybridized carbons (Fsp3) is 0. The number of rotatable bonds is 3. The third-order valence-electron chi connectivity index (χ3n) is 2.30. The van der Waals surface area contributed by atoms with E-state index >= 15 is 0 Å². The summed E-state index contributed by atoms with van der Waals surface area (Å²) in [6.45, 7) is 0. The first-order valence-corrected chi connectivity index (χ1v) is 9.42. The summed E-state index contributed by atoms with van der Waals surface area (Å²) >= 11 is 12.6. The van der Waals surface area contributed by atoms with Crippen molar-refractivity contribution in [2.45, 2.75) is 4.90 Å². The number of hydrogen-bond acceptors (Lipinski definition) is 3. The molecule has 0 aromatic heterocycles. The van der Waals surface area contributed by atoms with Crippen LogP contribution in [0.4, 0.5) is 0 Å². The highest BCUT2D eigenvalue weighted by atomic mass is 79.9. The third-order valence-corrected chi connectivity index (χ3v) is 5.07. The lowest BCUT2D eigenvalue weighted by Gasteiger charge is -2.10. The molecule has 0 atom stereocenters. The Morgan fingerprint density at radius 1 is 1.00 bits per heavy atom. The molecule has 0 saturated heterocycles. The molecular weight excluding hydrogens is 455 g/mol. The van der Waals surface area contributed by atoms with Gasteiger partial charge in [-0.05, 0) is 52.3 Å². The molecule has 20 heavy (non-hydrogen) atoms. The van der Waals surface area contributed by atoms with E-state index in [4.69, 9.17) is 27.0 Å². The molecule has 2 aromatic rings. The summed E-state index contributed by atoms with van der Waals surface area (Å²) in [5.41, 5.74) is 0. The zero-order valence-electron chi connectivity index (χ0n) is 9.61. The molecule has 0 aliphatic carbocycles. The van der Waals surface area contributed by atoms with Crippen LogP contribution in [0.1, 0.15) is 0 Å². The lowest BCUT2D eigenvalue weighted by Crippen LogP contribution is -1.92. The van der Waals surface area contributed by atoms with Gasteiger partial charge in [-0.2, -0.15) is 0 Å². The first kappa shape index (κ1) is 16.1. The minimum absolute atomic E-state index is 0.0151. The highest BCUT2D eigenvalue weighted by Crippen LogP contribution is 2.36. The summed E-state index contributed by atoms with van der Waals surface area (Å²) in [6, 6.07) is 9.40. The van der Waals surface area contributed by atoms with Crippen molar-refractivity contribution < 1.29 is 13.2 Å². The topological polar surface area (TPSA) is 43.4 Å². The van der Waals surface area contributed by atoms with E-state index in [-0.39, 0.29) is 4.90 Å². The van der Waals surface area contributed by atoms with Crippen molar-refractivity contribution in [1.29, 1.82) is 0 Å². The highest BCUT2D eigenvalue weighted by molar-refractivity contribution is 9.10. The van der Waals surface area contributed by atoms with Crippen LogP contribution in [0.15, 0.2) is 50.2 Å². The molecule has 0 saturated carbocycles. The first-order chi connectivity index (χ1) is 9.27. The Hall–Kier alpha value is -0.270. The van der Waals surface area contributed by atoms with Gasteiger partial charge < -0.3 is 4.74 Å². The van der Waals surface area contributed by atoms with Gasteiger partial charge in [-0.3, -0.25) is 0 Å². The summed E-state index contributed by atoms with van der Waals surface area (Å²) < 4.78 is 29.4. The largest absolute Gasteiger partial charge is 0.455 e. The predicted octanol–water partition coefficient (Wildman–Crippen LogP) is 5.58. The molecule has 0 spiro atoms. The Morgan fingerprint density at radius 3 is 2.30 bits per heavy atom. The van der Waals surface area contributed by atoms with Crippen molar-refractivity contribution in [1.82, 2.24) is 0 Å². The van der Waals surface area contributed by atoms with E-state index < -0.39 is 9.05 Å². The standard InChI is InChI=1S/C12H6Br2Cl2O3S/c13-7-1-3-10(15)12(5-7)19-11-4-2-8(6-9(11)14)20(16,17)18/h1-6H. The van der Waals surface area contributed by atoms with E-state index in [1.807, 2.05) is 0 Å². The molecule has 2 aromatic carbocycles. The van der Waals surface area contributed by atoms with E-state index in [2.05, 4.69) is 31.9 Å². The van der Waals surface area contributed by atoms with Gasteiger partial charge in [-0.25, -0.2) is 8.42 Å². The van der Waals surface area contributed by atoms with Gasteiger partial charge in [-0.1, -0.05) is 27.5 Å². The number of halogens is 4. The van der Waals surface area contributed by atoms with Crippen LogP contribution < -0.4 is 4.74 Å². The van der Waals surface area contributed by atoms with Gasteiger partial charge in [0.05, 0.1) is 14.4 Å². The van der Waals surface area contributed by atoms with Crippen molar-refractivity contribution >= 4 is 63.2 Å². The Kier molecular flexibility index (Phi) is 5.02. The Morgan fingerprint density at radius 2 is 1.70 bits per heavy atom. The zero-order valence-corrected chi connectivity index (χ0v) is 15.1. The van der Waals surface area contributed by atoms with Crippen LogP contribution in [-0.2, 0) is 9.05 Å². The van der Waals surface area contributed by atoms with Gasteiger partial charge in [0.2, 0.25) is 0 Å². The summed E-state index contributed by atoms with van der Waals surface area (Å²) in [6.07, 6.45) is 0. The van der Waals surface area contributed by atoms with Crippen molar-refractivity contribution in [2.75, 3.05) is 0 Å². The lowest BCUT2D eigenvalue weighted by atomic mass is 10.3. The van der Waals surface area contributed by atoms with E-state index in [9.17, 15) is 8.42 Å². The number of hydrogen-bond donors (Lipinski definition) is 0. The van der Waals surface area contributed by atoms with Crippen LogP contribution >= 0.6 is 54.1 Å². The van der Waals surface area contributed by atoms with E-state index in [0.29, 0.717) is 21.0 Å². The van der Waals surface area contributed by atoms with Crippen LogP contribution in [-0.4, -0.2) is 8.42 Å². The maximum atomic E-state index is 11.2. The van der Waals surface area contributed by atoms with Crippen molar-refractivity contribution in [3.05, 3.63) is 50.4 Å². The molecule has 0 unspecified atom stereocenters. The molecule has 2 rings (SSSR count). The maximum Gasteiger partial charge on any atom is 0.261 e. The molecule has 0 radical (unpaired) electrons. The molecule has 0 aliphatic heterocycles. The van der Waals surface area contributed by atoms with Crippen molar-refractivity contribution in [3.63, 3.8) is 0 Å². The molecule has 0 aliphatic rings. The molecule has 106 valence electrons. The molecule has 0 amide bonds. The Bertz CT molecular complexity index is 763. The fourth-order valence-electron chi connectivity index (χ4n) is 1.39. The average molecular weight is 461 g/mol. The van der Waals surface area contributed by atoms with Crippen LogP contribution in [0.25, 0.3) is 0 Å². The molecule has 0 N–H and O–H groups in total. The molecule has 8 heteroatoms. The monoisotopic (exact) mass is 458 g/mol. The van der Waals surface area contributed by atoms with Crippen LogP contribution in [0.2, 0.25) is 5.02 Å². The van der Waals surface area contributed by atoms with Crippen LogP contribution in [0.3, 0.4) is 0 Å². The number of ether oxygens (including phenoxy) is 1. The van der Waals surface area contributed by atoms with Crippen LogP contribution in [0.5, 0.6) is 11.5 Å². The summed E-state index contributed by atoms with van der Waals surface area (Å²) in [5, 5.41) is 0.439. The molecule has 3 nitrogen and oxygen atoms in total. The van der Waals surface area contributed by atoms with E-state index in [0.717, 1.165) is 4.47 Å². The normalized spacial score (nSPS) is 11.4. The molecule has 0 bridgehead atoms. The minimum Gasteiger partial charge on any atom is -0.455 e. The SMILES string of the molecule is O=S(=O)(Cl)c1ccc(Oc2cc(Br)ccc2Cl)c(Br)c1. The first-order valence-electron chi connectivity index (χ1n) is 5.14. The van der Waals surface area contributed by atoms with Gasteiger partial charge in [0.25, 0.3) is 9.05 Å². The number of benzene rings is 2. The highest BCUT2D eigenvalue weighted by Gasteiger charge is 2.14.